The number of fused-ring (bicyclic) bond motifs is 1. The molecular formula is C20H27N5O2. The van der Waals surface area contributed by atoms with Gasteiger partial charge in [0.1, 0.15) is 11.6 Å². The highest BCUT2D eigenvalue weighted by molar-refractivity contribution is 5.94. The van der Waals surface area contributed by atoms with Gasteiger partial charge in [0.05, 0.1) is 12.6 Å². The third-order valence-electron chi connectivity index (χ3n) is 5.67. The average molecular weight is 369 g/mol. The fourth-order valence-corrected chi connectivity index (χ4v) is 4.12. The fourth-order valence-electron chi connectivity index (χ4n) is 4.12. The predicted molar refractivity (Wildman–Crippen MR) is 101 cm³/mol. The van der Waals surface area contributed by atoms with Crippen LogP contribution in [0.4, 0.5) is 0 Å². The summed E-state index contributed by atoms with van der Waals surface area (Å²) in [6.07, 6.45) is 3.08. The number of aromatic nitrogens is 3. The summed E-state index contributed by atoms with van der Waals surface area (Å²) in [6, 6.07) is 8.04. The van der Waals surface area contributed by atoms with Gasteiger partial charge in [-0.25, -0.2) is 0 Å². The van der Waals surface area contributed by atoms with Crippen molar-refractivity contribution in [3.8, 4) is 0 Å². The van der Waals surface area contributed by atoms with Crippen molar-refractivity contribution >= 4 is 5.91 Å². The molecule has 1 amide bonds. The third kappa shape index (κ3) is 3.61. The van der Waals surface area contributed by atoms with E-state index in [-0.39, 0.29) is 5.91 Å². The molecule has 0 radical (unpaired) electrons. The van der Waals surface area contributed by atoms with Gasteiger partial charge in [-0.15, -0.1) is 10.2 Å². The molecule has 4 rings (SSSR count). The number of carbonyl (C=O) groups excluding carboxylic acids is 1. The Morgan fingerprint density at radius 1 is 1.15 bits per heavy atom. The van der Waals surface area contributed by atoms with Crippen LogP contribution in [0, 0.1) is 0 Å². The summed E-state index contributed by atoms with van der Waals surface area (Å²) < 4.78 is 7.37. The minimum absolute atomic E-state index is 0.0808. The molecule has 1 unspecified atom stereocenters. The van der Waals surface area contributed by atoms with E-state index in [0.717, 1.165) is 48.7 Å². The minimum atomic E-state index is 0.0808. The van der Waals surface area contributed by atoms with Crippen molar-refractivity contribution in [2.24, 2.45) is 0 Å². The average Bonchev–Trinajstić information content (AvgIpc) is 3.21. The summed E-state index contributed by atoms with van der Waals surface area (Å²) in [5, 5.41) is 8.91. The normalized spacial score (nSPS) is 20.5. The Hall–Kier alpha value is -2.25. The fraction of sp³-hybridized carbons (Fsp3) is 0.550. The molecule has 0 aliphatic carbocycles. The second-order valence-electron chi connectivity index (χ2n) is 7.44. The van der Waals surface area contributed by atoms with E-state index in [1.807, 2.05) is 29.2 Å². The van der Waals surface area contributed by atoms with E-state index in [2.05, 4.69) is 26.7 Å². The molecule has 1 saturated heterocycles. The molecule has 7 nitrogen and oxygen atoms in total. The van der Waals surface area contributed by atoms with Crippen LogP contribution >= 0.6 is 0 Å². The second kappa shape index (κ2) is 7.78. The second-order valence-corrected chi connectivity index (χ2v) is 7.44. The zero-order chi connectivity index (χ0) is 18.8. The lowest BCUT2D eigenvalue weighted by atomic mass is 10.1. The van der Waals surface area contributed by atoms with Crippen LogP contribution in [0.3, 0.4) is 0 Å². The van der Waals surface area contributed by atoms with Gasteiger partial charge in [0.25, 0.3) is 5.91 Å². The van der Waals surface area contributed by atoms with Crippen LogP contribution in [-0.4, -0.2) is 64.3 Å². The lowest BCUT2D eigenvalue weighted by Gasteiger charge is -2.22. The molecule has 0 saturated carbocycles. The Morgan fingerprint density at radius 3 is 2.67 bits per heavy atom. The predicted octanol–water partition coefficient (Wildman–Crippen LogP) is 1.89. The van der Waals surface area contributed by atoms with Crippen molar-refractivity contribution in [1.82, 2.24) is 24.6 Å². The summed E-state index contributed by atoms with van der Waals surface area (Å²) in [5.74, 6) is 2.14. The van der Waals surface area contributed by atoms with Crippen LogP contribution in [0.2, 0.25) is 0 Å². The van der Waals surface area contributed by atoms with Gasteiger partial charge in [-0.05, 0) is 44.1 Å². The van der Waals surface area contributed by atoms with Gasteiger partial charge in [-0.3, -0.25) is 9.69 Å². The van der Waals surface area contributed by atoms with Gasteiger partial charge in [0, 0.05) is 38.7 Å². The monoisotopic (exact) mass is 369 g/mol. The number of likely N-dealkylation sites (tertiary alicyclic amines) is 1. The van der Waals surface area contributed by atoms with E-state index in [9.17, 15) is 4.79 Å². The van der Waals surface area contributed by atoms with Crippen LogP contribution in [0.1, 0.15) is 46.5 Å². The molecule has 1 aromatic carbocycles. The molecule has 0 bridgehead atoms. The number of methoxy groups -OCH3 is 1. The molecule has 2 aliphatic heterocycles. The molecule has 27 heavy (non-hydrogen) atoms. The zero-order valence-corrected chi connectivity index (χ0v) is 16.1. The van der Waals surface area contributed by atoms with E-state index in [4.69, 9.17) is 4.74 Å². The number of carbonyl (C=O) groups is 1. The molecule has 1 aromatic heterocycles. The molecule has 2 aromatic rings. The first kappa shape index (κ1) is 18.1. The van der Waals surface area contributed by atoms with Gasteiger partial charge in [-0.1, -0.05) is 12.1 Å². The van der Waals surface area contributed by atoms with Crippen LogP contribution in [0.5, 0.6) is 0 Å². The largest absolute Gasteiger partial charge is 0.380 e. The third-order valence-corrected chi connectivity index (χ3v) is 5.67. The molecule has 2 aliphatic rings. The van der Waals surface area contributed by atoms with Gasteiger partial charge in [0.2, 0.25) is 0 Å². The number of rotatable bonds is 4. The number of ether oxygens (including phenoxy) is 1. The summed E-state index contributed by atoms with van der Waals surface area (Å²) in [7, 11) is 3.82. The molecule has 144 valence electrons. The summed E-state index contributed by atoms with van der Waals surface area (Å²) >= 11 is 0. The van der Waals surface area contributed by atoms with E-state index < -0.39 is 0 Å². The topological polar surface area (TPSA) is 63.5 Å². The van der Waals surface area contributed by atoms with Gasteiger partial charge < -0.3 is 14.2 Å². The summed E-state index contributed by atoms with van der Waals surface area (Å²) in [6.45, 7) is 3.79. The molecule has 0 N–H and O–H groups in total. The van der Waals surface area contributed by atoms with E-state index in [1.165, 1.54) is 6.42 Å². The van der Waals surface area contributed by atoms with Crippen LogP contribution in [0.25, 0.3) is 0 Å². The molecular weight excluding hydrogens is 342 g/mol. The van der Waals surface area contributed by atoms with Crippen molar-refractivity contribution < 1.29 is 9.53 Å². The molecule has 1 fully saturated rings. The number of benzene rings is 1. The number of nitrogens with zero attached hydrogens (tertiary/aromatic N) is 5. The van der Waals surface area contributed by atoms with Crippen molar-refractivity contribution in [3.05, 3.63) is 47.0 Å². The lowest BCUT2D eigenvalue weighted by molar-refractivity contribution is 0.0758. The summed E-state index contributed by atoms with van der Waals surface area (Å²) in [4.78, 5) is 17.2. The Morgan fingerprint density at radius 2 is 1.96 bits per heavy atom. The number of hydrogen-bond acceptors (Lipinski definition) is 5. The zero-order valence-electron chi connectivity index (χ0n) is 16.1. The molecule has 0 spiro atoms. The molecule has 1 atom stereocenters. The van der Waals surface area contributed by atoms with Gasteiger partial charge in [0.15, 0.2) is 0 Å². The Bertz CT molecular complexity index is 801. The Kier molecular flexibility index (Phi) is 5.22. The van der Waals surface area contributed by atoms with Gasteiger partial charge >= 0.3 is 0 Å². The smallest absolute Gasteiger partial charge is 0.253 e. The Balaban J connectivity index is 1.47. The standard InChI is InChI=1S/C20H27N5O2/c1-23-10-3-4-17(23)19-22-21-18-9-11-24(12-13-25(18)19)20(26)16-7-5-15(6-8-16)14-27-2/h5-8,17H,3-4,9-14H2,1-2H3. The number of hydrogen-bond donors (Lipinski definition) is 0. The maximum Gasteiger partial charge on any atom is 0.253 e. The van der Waals surface area contributed by atoms with Crippen molar-refractivity contribution in [3.63, 3.8) is 0 Å². The highest BCUT2D eigenvalue weighted by atomic mass is 16.5. The van der Waals surface area contributed by atoms with Crippen LogP contribution < -0.4 is 0 Å². The summed E-state index contributed by atoms with van der Waals surface area (Å²) in [5.41, 5.74) is 1.80. The lowest BCUT2D eigenvalue weighted by Crippen LogP contribution is -2.34. The Labute approximate surface area is 159 Å². The highest BCUT2D eigenvalue weighted by Gasteiger charge is 2.30. The number of amides is 1. The van der Waals surface area contributed by atoms with E-state index >= 15 is 0 Å². The van der Waals surface area contributed by atoms with E-state index in [1.54, 1.807) is 7.11 Å². The maximum absolute atomic E-state index is 12.9. The first-order chi connectivity index (χ1) is 13.2. The van der Waals surface area contributed by atoms with Crippen LogP contribution in [0.15, 0.2) is 24.3 Å². The molecule has 3 heterocycles. The minimum Gasteiger partial charge on any atom is -0.380 e. The van der Waals surface area contributed by atoms with Crippen molar-refractivity contribution in [2.45, 2.75) is 38.5 Å². The molecule has 7 heteroatoms. The van der Waals surface area contributed by atoms with Crippen molar-refractivity contribution in [2.75, 3.05) is 33.8 Å². The van der Waals surface area contributed by atoms with Crippen LogP contribution in [-0.2, 0) is 24.3 Å². The SMILES string of the molecule is COCc1ccc(C(=O)N2CCc3nnc(C4CCCN4C)n3CC2)cc1. The van der Waals surface area contributed by atoms with Crippen molar-refractivity contribution in [1.29, 1.82) is 0 Å². The van der Waals surface area contributed by atoms with Gasteiger partial charge in [-0.2, -0.15) is 0 Å². The first-order valence-electron chi connectivity index (χ1n) is 9.66. The maximum atomic E-state index is 12.9. The highest BCUT2D eigenvalue weighted by Crippen LogP contribution is 2.30. The first-order valence-corrected chi connectivity index (χ1v) is 9.66. The quantitative estimate of drug-likeness (QED) is 0.824. The van der Waals surface area contributed by atoms with E-state index in [0.29, 0.717) is 25.7 Å².